The number of benzene rings is 3. The molecule has 1 N–H and O–H groups in total. The summed E-state index contributed by atoms with van der Waals surface area (Å²) >= 11 is 0. The van der Waals surface area contributed by atoms with Gasteiger partial charge in [0, 0.05) is 18.8 Å². The number of nitrogens with one attached hydrogen (secondary N) is 1. The Bertz CT molecular complexity index is 1530. The molecule has 0 aliphatic carbocycles. The third-order valence-corrected chi connectivity index (χ3v) is 6.98. The summed E-state index contributed by atoms with van der Waals surface area (Å²) in [6.07, 6.45) is 2.94. The van der Waals surface area contributed by atoms with Gasteiger partial charge >= 0.3 is 6.03 Å². The second kappa shape index (κ2) is 13.7. The van der Waals surface area contributed by atoms with E-state index in [0.29, 0.717) is 40.2 Å². The summed E-state index contributed by atoms with van der Waals surface area (Å²) in [6, 6.07) is 20.1. The summed E-state index contributed by atoms with van der Waals surface area (Å²) in [5.74, 6) is -0.357. The number of hydrogen-bond donors (Lipinski definition) is 1. The molecule has 1 heterocycles. The van der Waals surface area contributed by atoms with Gasteiger partial charge in [-0.2, -0.15) is 0 Å². The lowest BCUT2D eigenvalue weighted by atomic mass is 10.0. The highest BCUT2D eigenvalue weighted by atomic mass is 19.1. The molecule has 7 nitrogen and oxygen atoms in total. The van der Waals surface area contributed by atoms with Gasteiger partial charge in [-0.1, -0.05) is 63.6 Å². The average Bonchev–Trinajstić information content (AvgIpc) is 2.97. The molecule has 0 saturated carbocycles. The molecule has 0 radical (unpaired) electrons. The maximum absolute atomic E-state index is 13.7. The second-order valence-electron chi connectivity index (χ2n) is 10.4. The normalized spacial score (nSPS) is 11.0. The van der Waals surface area contributed by atoms with Crippen molar-refractivity contribution in [3.8, 4) is 0 Å². The Morgan fingerprint density at radius 3 is 2.32 bits per heavy atom. The van der Waals surface area contributed by atoms with E-state index in [9.17, 15) is 18.8 Å². The van der Waals surface area contributed by atoms with Crippen molar-refractivity contribution in [2.75, 3.05) is 18.4 Å². The molecule has 3 aromatic carbocycles. The predicted octanol–water partition coefficient (Wildman–Crippen LogP) is 6.92. The Morgan fingerprint density at radius 1 is 0.927 bits per heavy atom. The van der Waals surface area contributed by atoms with E-state index < -0.39 is 0 Å². The number of hydrogen-bond acceptors (Lipinski definition) is 4. The van der Waals surface area contributed by atoms with Gasteiger partial charge in [0.05, 0.1) is 23.8 Å². The molecule has 0 spiro atoms. The van der Waals surface area contributed by atoms with Crippen LogP contribution in [0.25, 0.3) is 11.0 Å². The zero-order valence-electron chi connectivity index (χ0n) is 23.7. The zero-order valence-corrected chi connectivity index (χ0v) is 23.7. The van der Waals surface area contributed by atoms with Crippen LogP contribution < -0.4 is 10.7 Å². The molecule has 0 saturated heterocycles. The number of carbonyl (C=O) groups is 2. The first-order valence-corrected chi connectivity index (χ1v) is 13.9. The van der Waals surface area contributed by atoms with Gasteiger partial charge in [0.2, 0.25) is 5.91 Å². The molecule has 41 heavy (non-hydrogen) atoms. The van der Waals surface area contributed by atoms with E-state index in [1.165, 1.54) is 28.2 Å². The molecular weight excluding hydrogens is 521 g/mol. The van der Waals surface area contributed by atoms with Crippen molar-refractivity contribution in [2.24, 2.45) is 0 Å². The van der Waals surface area contributed by atoms with Crippen molar-refractivity contribution in [3.63, 3.8) is 0 Å². The summed E-state index contributed by atoms with van der Waals surface area (Å²) < 4.78 is 19.2. The number of anilines is 1. The first-order chi connectivity index (χ1) is 19.7. The van der Waals surface area contributed by atoms with Gasteiger partial charge in [0.1, 0.15) is 17.9 Å². The molecule has 4 rings (SSSR count). The first kappa shape index (κ1) is 29.5. The van der Waals surface area contributed by atoms with Gasteiger partial charge in [-0.3, -0.25) is 9.59 Å². The first-order valence-electron chi connectivity index (χ1n) is 13.9. The summed E-state index contributed by atoms with van der Waals surface area (Å²) in [5.41, 5.74) is 3.05. The van der Waals surface area contributed by atoms with E-state index in [2.05, 4.69) is 19.2 Å². The molecule has 0 aliphatic rings. The fraction of sp³-hybridized carbons (Fsp3) is 0.303. The van der Waals surface area contributed by atoms with E-state index >= 15 is 0 Å². The van der Waals surface area contributed by atoms with E-state index in [4.69, 9.17) is 4.42 Å². The SMILES string of the molecule is CCCCN(CC(=O)N(Cc1ccc(F)cc1)Cc1coc2ccccc2c1=O)C(=O)Nc1ccc(C(C)C)cc1. The number of fused-ring (bicyclic) bond motifs is 1. The molecule has 1 aromatic heterocycles. The Balaban J connectivity index is 1.57. The Hall–Kier alpha value is -4.46. The monoisotopic (exact) mass is 557 g/mol. The Kier molecular flexibility index (Phi) is 9.90. The Morgan fingerprint density at radius 2 is 1.63 bits per heavy atom. The number of urea groups is 1. The standard InChI is InChI=1S/C33H36FN3O4/c1-4-5-18-36(33(40)35-28-16-12-25(13-17-28)23(2)3)21-31(38)37(19-24-10-14-27(34)15-11-24)20-26-22-41-30-9-7-6-8-29(30)32(26)39/h6-17,22-23H,4-5,18-21H2,1-3H3,(H,35,40). The van der Waals surface area contributed by atoms with Crippen LogP contribution in [0.3, 0.4) is 0 Å². The number of amides is 3. The van der Waals surface area contributed by atoms with Crippen molar-refractivity contribution in [1.82, 2.24) is 9.80 Å². The van der Waals surface area contributed by atoms with Gasteiger partial charge in [0.25, 0.3) is 0 Å². The number of unbranched alkanes of at least 4 members (excludes halogenated alkanes) is 1. The van der Waals surface area contributed by atoms with E-state index in [0.717, 1.165) is 18.4 Å². The smallest absolute Gasteiger partial charge is 0.322 e. The van der Waals surface area contributed by atoms with E-state index in [1.54, 1.807) is 36.4 Å². The van der Waals surface area contributed by atoms with Gasteiger partial charge in [-0.05, 0) is 59.9 Å². The predicted molar refractivity (Wildman–Crippen MR) is 159 cm³/mol. The number of rotatable bonds is 11. The highest BCUT2D eigenvalue weighted by molar-refractivity contribution is 5.92. The van der Waals surface area contributed by atoms with Crippen molar-refractivity contribution < 1.29 is 18.4 Å². The summed E-state index contributed by atoms with van der Waals surface area (Å²) in [5, 5.41) is 3.33. The molecule has 4 aromatic rings. The lowest BCUT2D eigenvalue weighted by Gasteiger charge is -2.28. The maximum atomic E-state index is 13.7. The maximum Gasteiger partial charge on any atom is 0.322 e. The van der Waals surface area contributed by atoms with Crippen LogP contribution in [-0.2, 0) is 17.9 Å². The minimum absolute atomic E-state index is 0.0245. The molecule has 0 aliphatic heterocycles. The number of nitrogens with zero attached hydrogens (tertiary/aromatic N) is 2. The fourth-order valence-corrected chi connectivity index (χ4v) is 4.49. The van der Waals surface area contributed by atoms with E-state index in [-0.39, 0.29) is 42.8 Å². The minimum atomic E-state index is -0.384. The lowest BCUT2D eigenvalue weighted by molar-refractivity contribution is -0.133. The van der Waals surface area contributed by atoms with Crippen LogP contribution in [0.2, 0.25) is 0 Å². The molecule has 8 heteroatoms. The number of halogens is 1. The summed E-state index contributed by atoms with van der Waals surface area (Å²) in [4.78, 5) is 43.2. The largest absolute Gasteiger partial charge is 0.464 e. The number of para-hydroxylation sites is 1. The highest BCUT2D eigenvalue weighted by Gasteiger charge is 2.23. The molecule has 3 amide bonds. The highest BCUT2D eigenvalue weighted by Crippen LogP contribution is 2.18. The minimum Gasteiger partial charge on any atom is -0.464 e. The van der Waals surface area contributed by atoms with Gasteiger partial charge in [0.15, 0.2) is 5.43 Å². The van der Waals surface area contributed by atoms with Gasteiger partial charge in [-0.15, -0.1) is 0 Å². The molecule has 0 bridgehead atoms. The topological polar surface area (TPSA) is 82.9 Å². The number of carbonyl (C=O) groups excluding carboxylic acids is 2. The van der Waals surface area contributed by atoms with Gasteiger partial charge in [-0.25, -0.2) is 9.18 Å². The summed E-state index contributed by atoms with van der Waals surface area (Å²) in [7, 11) is 0. The Labute approximate surface area is 239 Å². The van der Waals surface area contributed by atoms with Crippen molar-refractivity contribution >= 4 is 28.6 Å². The molecular formula is C33H36FN3O4. The van der Waals surface area contributed by atoms with Crippen LogP contribution in [0.15, 0.2) is 88.3 Å². The van der Waals surface area contributed by atoms with Crippen LogP contribution in [0.1, 0.15) is 56.2 Å². The lowest BCUT2D eigenvalue weighted by Crippen LogP contribution is -2.44. The third kappa shape index (κ3) is 7.81. The molecule has 0 atom stereocenters. The fourth-order valence-electron chi connectivity index (χ4n) is 4.49. The second-order valence-corrected chi connectivity index (χ2v) is 10.4. The van der Waals surface area contributed by atoms with Crippen LogP contribution in [0.4, 0.5) is 14.9 Å². The van der Waals surface area contributed by atoms with Crippen LogP contribution in [0.5, 0.6) is 0 Å². The third-order valence-electron chi connectivity index (χ3n) is 6.98. The van der Waals surface area contributed by atoms with Crippen LogP contribution >= 0.6 is 0 Å². The average molecular weight is 558 g/mol. The van der Waals surface area contributed by atoms with Crippen LogP contribution in [0, 0.1) is 5.82 Å². The van der Waals surface area contributed by atoms with Crippen LogP contribution in [-0.4, -0.2) is 34.8 Å². The molecule has 214 valence electrons. The molecule has 0 fully saturated rings. The van der Waals surface area contributed by atoms with Crippen molar-refractivity contribution in [1.29, 1.82) is 0 Å². The van der Waals surface area contributed by atoms with E-state index in [1.807, 2.05) is 31.2 Å². The zero-order chi connectivity index (χ0) is 29.4. The summed E-state index contributed by atoms with van der Waals surface area (Å²) in [6.45, 7) is 6.53. The van der Waals surface area contributed by atoms with Crippen molar-refractivity contribution in [3.05, 3.63) is 112 Å². The van der Waals surface area contributed by atoms with Gasteiger partial charge < -0.3 is 19.5 Å². The quantitative estimate of drug-likeness (QED) is 0.217. The van der Waals surface area contributed by atoms with Crippen molar-refractivity contribution in [2.45, 2.75) is 52.6 Å². The molecule has 0 unspecified atom stereocenters.